The summed E-state index contributed by atoms with van der Waals surface area (Å²) >= 11 is 0. The number of rotatable bonds is 12. The number of nitrogens with zero attached hydrogens (tertiary/aromatic N) is 1. The lowest BCUT2D eigenvalue weighted by Gasteiger charge is -2.10. The third-order valence-corrected chi connectivity index (χ3v) is 7.21. The molecule has 4 rings (SSSR count). The molecule has 0 atom stereocenters. The van der Waals surface area contributed by atoms with Crippen LogP contribution in [0.2, 0.25) is 0 Å². The highest BCUT2D eigenvalue weighted by atomic mass is 19.1. The van der Waals surface area contributed by atoms with Crippen molar-refractivity contribution < 1.29 is 4.39 Å². The fraction of sp³-hybridized carbons (Fsp3) is 0.162. The van der Waals surface area contributed by atoms with Crippen molar-refractivity contribution in [2.24, 2.45) is 0 Å². The van der Waals surface area contributed by atoms with Crippen molar-refractivity contribution in [3.05, 3.63) is 162 Å². The van der Waals surface area contributed by atoms with Gasteiger partial charge in [-0.15, -0.1) is 0 Å². The Bertz CT molecular complexity index is 1650. The van der Waals surface area contributed by atoms with Crippen LogP contribution in [0.5, 0.6) is 0 Å². The zero-order valence-corrected chi connectivity index (χ0v) is 24.2. The van der Waals surface area contributed by atoms with Crippen LogP contribution in [0.4, 0.5) is 4.39 Å². The predicted molar refractivity (Wildman–Crippen MR) is 172 cm³/mol. The summed E-state index contributed by atoms with van der Waals surface area (Å²) in [5, 5.41) is 4.31. The molecular weight excluding hydrogens is 505 g/mol. The summed E-state index contributed by atoms with van der Waals surface area (Å²) in [7, 11) is 1.91. The molecule has 41 heavy (non-hydrogen) atoms. The SMILES string of the molecule is C=C\C(=C/C(=C\C)C(/C)=C/C=C(/NC)C(=C)Cc1cc2c(-c3cccc(F)c3)cncc2[nH]1)CCc1ccccc1. The van der Waals surface area contributed by atoms with E-state index < -0.39 is 0 Å². The molecule has 0 unspecified atom stereocenters. The largest absolute Gasteiger partial charge is 0.388 e. The van der Waals surface area contributed by atoms with Gasteiger partial charge in [0.2, 0.25) is 0 Å². The third-order valence-electron chi connectivity index (χ3n) is 7.21. The van der Waals surface area contributed by atoms with Crippen molar-refractivity contribution in [3.8, 4) is 11.1 Å². The van der Waals surface area contributed by atoms with Crippen LogP contribution in [0.1, 0.15) is 31.5 Å². The first-order valence-electron chi connectivity index (χ1n) is 13.9. The number of aromatic nitrogens is 2. The molecule has 0 saturated heterocycles. The number of halogens is 1. The number of hydrogen-bond acceptors (Lipinski definition) is 2. The summed E-state index contributed by atoms with van der Waals surface area (Å²) in [5.74, 6) is -0.264. The maximum absolute atomic E-state index is 13.9. The number of hydrogen-bond donors (Lipinski definition) is 2. The quantitative estimate of drug-likeness (QED) is 0.175. The van der Waals surface area contributed by atoms with Crippen LogP contribution in [0.15, 0.2) is 145 Å². The minimum atomic E-state index is -0.264. The standard InChI is InChI=1S/C37H38FN3/c1-6-28(17-18-29-12-9-8-10-13-29)21-30(7-2)26(3)16-19-36(39-5)27(4)20-33-23-34-35(24-40-25-37(34)41-33)31-14-11-15-32(38)22-31/h6-16,19,21-25,39,41H,1,4,17-18,20H2,2-3,5H3/b26-16+,28-21+,30-7+,36-19+. The van der Waals surface area contributed by atoms with E-state index >= 15 is 0 Å². The van der Waals surface area contributed by atoms with Gasteiger partial charge in [0.25, 0.3) is 0 Å². The van der Waals surface area contributed by atoms with Gasteiger partial charge in [0.05, 0.1) is 11.7 Å². The van der Waals surface area contributed by atoms with Crippen LogP contribution in [0.25, 0.3) is 22.0 Å². The topological polar surface area (TPSA) is 40.7 Å². The van der Waals surface area contributed by atoms with Gasteiger partial charge in [-0.3, -0.25) is 4.98 Å². The molecule has 208 valence electrons. The molecule has 2 N–H and O–H groups in total. The number of allylic oxidation sites excluding steroid dienone is 9. The van der Waals surface area contributed by atoms with Crippen LogP contribution in [0, 0.1) is 5.82 Å². The van der Waals surface area contributed by atoms with Crippen LogP contribution in [0.3, 0.4) is 0 Å². The molecule has 0 radical (unpaired) electrons. The monoisotopic (exact) mass is 543 g/mol. The van der Waals surface area contributed by atoms with Gasteiger partial charge in [-0.1, -0.05) is 79.9 Å². The zero-order chi connectivity index (χ0) is 29.2. The summed E-state index contributed by atoms with van der Waals surface area (Å²) in [6.07, 6.45) is 16.6. The lowest BCUT2D eigenvalue weighted by atomic mass is 9.99. The minimum absolute atomic E-state index is 0.264. The maximum atomic E-state index is 13.9. The van der Waals surface area contributed by atoms with Crippen molar-refractivity contribution >= 4 is 10.9 Å². The number of aryl methyl sites for hydroxylation is 1. The number of fused-ring (bicyclic) bond motifs is 1. The highest BCUT2D eigenvalue weighted by Gasteiger charge is 2.11. The summed E-state index contributed by atoms with van der Waals surface area (Å²) < 4.78 is 13.9. The number of nitrogens with one attached hydrogen (secondary N) is 2. The lowest BCUT2D eigenvalue weighted by molar-refractivity contribution is 0.628. The Kier molecular flexibility index (Phi) is 10.1. The van der Waals surface area contributed by atoms with Crippen molar-refractivity contribution in [1.82, 2.24) is 15.3 Å². The smallest absolute Gasteiger partial charge is 0.123 e. The first kappa shape index (κ1) is 29.3. The molecule has 2 aromatic carbocycles. The molecule has 0 aliphatic rings. The Hall–Kier alpha value is -4.70. The van der Waals surface area contributed by atoms with E-state index in [-0.39, 0.29) is 5.82 Å². The maximum Gasteiger partial charge on any atom is 0.123 e. The Morgan fingerprint density at radius 1 is 1.05 bits per heavy atom. The number of benzene rings is 2. The van der Waals surface area contributed by atoms with E-state index in [0.717, 1.165) is 57.4 Å². The van der Waals surface area contributed by atoms with Gasteiger partial charge in [0, 0.05) is 42.0 Å². The van der Waals surface area contributed by atoms with E-state index in [4.69, 9.17) is 0 Å². The van der Waals surface area contributed by atoms with Crippen LogP contribution >= 0.6 is 0 Å². The molecule has 0 saturated carbocycles. The van der Waals surface area contributed by atoms with Gasteiger partial charge in [-0.25, -0.2) is 4.39 Å². The van der Waals surface area contributed by atoms with Gasteiger partial charge >= 0.3 is 0 Å². The van der Waals surface area contributed by atoms with E-state index in [9.17, 15) is 4.39 Å². The van der Waals surface area contributed by atoms with Gasteiger partial charge in [0.1, 0.15) is 5.82 Å². The average molecular weight is 544 g/mol. The van der Waals surface area contributed by atoms with Gasteiger partial charge < -0.3 is 10.3 Å². The highest BCUT2D eigenvalue weighted by molar-refractivity contribution is 5.94. The Labute approximate surface area is 243 Å². The van der Waals surface area contributed by atoms with Crippen LogP contribution < -0.4 is 5.32 Å². The second-order valence-electron chi connectivity index (χ2n) is 10.1. The molecule has 0 aliphatic heterocycles. The Morgan fingerprint density at radius 3 is 2.56 bits per heavy atom. The van der Waals surface area contributed by atoms with E-state index in [1.807, 2.05) is 25.3 Å². The molecule has 0 aliphatic carbocycles. The normalized spacial score (nSPS) is 13.0. The van der Waals surface area contributed by atoms with E-state index in [2.05, 4.69) is 96.9 Å². The van der Waals surface area contributed by atoms with Crippen molar-refractivity contribution in [1.29, 1.82) is 0 Å². The third kappa shape index (κ3) is 7.70. The fourth-order valence-corrected chi connectivity index (χ4v) is 4.89. The van der Waals surface area contributed by atoms with Gasteiger partial charge in [0.15, 0.2) is 0 Å². The molecule has 0 amide bonds. The van der Waals surface area contributed by atoms with Gasteiger partial charge in [-0.05, 0) is 84.4 Å². The molecule has 3 nitrogen and oxygen atoms in total. The van der Waals surface area contributed by atoms with Gasteiger partial charge in [-0.2, -0.15) is 0 Å². The van der Waals surface area contributed by atoms with E-state index in [0.29, 0.717) is 6.42 Å². The van der Waals surface area contributed by atoms with Crippen molar-refractivity contribution in [2.45, 2.75) is 33.1 Å². The number of pyridine rings is 1. The Balaban J connectivity index is 1.49. The second kappa shape index (κ2) is 14.1. The molecule has 0 bridgehead atoms. The first-order valence-corrected chi connectivity index (χ1v) is 13.9. The molecule has 2 heterocycles. The van der Waals surface area contributed by atoms with Crippen LogP contribution in [-0.2, 0) is 12.8 Å². The van der Waals surface area contributed by atoms with E-state index in [1.54, 1.807) is 18.5 Å². The highest BCUT2D eigenvalue weighted by Crippen LogP contribution is 2.29. The molecular formula is C37H38FN3. The molecule has 2 aromatic heterocycles. The zero-order valence-electron chi connectivity index (χ0n) is 24.2. The average Bonchev–Trinajstić information content (AvgIpc) is 3.40. The molecule has 0 fully saturated rings. The number of likely N-dealkylation sites (N-methyl/N-ethyl adjacent to an activating group) is 1. The Morgan fingerprint density at radius 2 is 1.85 bits per heavy atom. The fourth-order valence-electron chi connectivity index (χ4n) is 4.89. The van der Waals surface area contributed by atoms with Crippen molar-refractivity contribution in [2.75, 3.05) is 7.05 Å². The summed E-state index contributed by atoms with van der Waals surface area (Å²) in [6, 6.07) is 19.2. The summed E-state index contributed by atoms with van der Waals surface area (Å²) in [6.45, 7) is 12.6. The van der Waals surface area contributed by atoms with E-state index in [1.165, 1.54) is 28.8 Å². The lowest BCUT2D eigenvalue weighted by Crippen LogP contribution is -2.09. The minimum Gasteiger partial charge on any atom is -0.388 e. The molecule has 4 aromatic rings. The number of H-pyrrole nitrogens is 1. The molecule has 0 spiro atoms. The predicted octanol–water partition coefficient (Wildman–Crippen LogP) is 9.21. The summed E-state index contributed by atoms with van der Waals surface area (Å²) in [4.78, 5) is 7.83. The second-order valence-corrected chi connectivity index (χ2v) is 10.1. The summed E-state index contributed by atoms with van der Waals surface area (Å²) in [5.41, 5.74) is 10.4. The van der Waals surface area contributed by atoms with Crippen LogP contribution in [-0.4, -0.2) is 17.0 Å². The number of aromatic amines is 1. The first-order chi connectivity index (χ1) is 19.9. The van der Waals surface area contributed by atoms with Crippen molar-refractivity contribution in [3.63, 3.8) is 0 Å². The molecule has 4 heteroatoms.